The minimum atomic E-state index is 0.510. The topological polar surface area (TPSA) is 9.86 Å². The number of allylic oxidation sites excluding steroid dienone is 5. The molecule has 1 unspecified atom stereocenters. The van der Waals surface area contributed by atoms with Crippen LogP contribution in [0.2, 0.25) is 0 Å². The Morgan fingerprint density at radius 2 is 1.25 bits per heavy atom. The number of nitrogens with zero attached hydrogens (tertiary/aromatic N) is 2. The first kappa shape index (κ1) is 25.2. The smallest absolute Gasteiger partial charge is 0.0541 e. The standard InChI is InChI=1S/C42H32N2/c1-3-12-29(13-4-1)31-22-24-41-37(26-31)35-18-7-9-20-39(35)43(41)33-16-11-17-34(28-33)44-40-21-10-8-19-36(40)38-27-32(23-25-42(38)44)30-14-5-2-6-15-30/h1-14,16-22,24,26-28,30H,15,23,25H2. The van der Waals surface area contributed by atoms with Gasteiger partial charge in [-0.1, -0.05) is 115 Å². The van der Waals surface area contributed by atoms with Crippen molar-refractivity contribution in [3.8, 4) is 22.5 Å². The van der Waals surface area contributed by atoms with E-state index >= 15 is 0 Å². The molecule has 2 aliphatic carbocycles. The highest BCUT2D eigenvalue weighted by atomic mass is 15.0. The number of para-hydroxylation sites is 2. The molecule has 0 aliphatic heterocycles. The van der Waals surface area contributed by atoms with Crippen LogP contribution in [-0.4, -0.2) is 9.13 Å². The zero-order chi connectivity index (χ0) is 29.0. The summed E-state index contributed by atoms with van der Waals surface area (Å²) in [6, 6.07) is 44.4. The molecule has 0 spiro atoms. The third kappa shape index (κ3) is 3.95. The van der Waals surface area contributed by atoms with Crippen molar-refractivity contribution in [3.05, 3.63) is 162 Å². The van der Waals surface area contributed by atoms with Crippen molar-refractivity contribution in [2.75, 3.05) is 0 Å². The zero-order valence-corrected chi connectivity index (χ0v) is 24.5. The Morgan fingerprint density at radius 1 is 0.523 bits per heavy atom. The summed E-state index contributed by atoms with van der Waals surface area (Å²) >= 11 is 0. The summed E-state index contributed by atoms with van der Waals surface area (Å²) in [5, 5.41) is 3.89. The van der Waals surface area contributed by atoms with Crippen molar-refractivity contribution < 1.29 is 0 Å². The lowest BCUT2D eigenvalue weighted by Gasteiger charge is -2.23. The Kier molecular flexibility index (Phi) is 5.80. The van der Waals surface area contributed by atoms with Crippen LogP contribution in [0.3, 0.4) is 0 Å². The highest BCUT2D eigenvalue weighted by Gasteiger charge is 2.24. The van der Waals surface area contributed by atoms with Gasteiger partial charge in [0, 0.05) is 44.7 Å². The second-order valence-electron chi connectivity index (χ2n) is 12.1. The average molecular weight is 565 g/mol. The normalized spacial score (nSPS) is 16.1. The highest BCUT2D eigenvalue weighted by Crippen LogP contribution is 2.40. The second-order valence-corrected chi connectivity index (χ2v) is 12.1. The van der Waals surface area contributed by atoms with E-state index in [9.17, 15) is 0 Å². The van der Waals surface area contributed by atoms with Gasteiger partial charge in [-0.2, -0.15) is 0 Å². The maximum Gasteiger partial charge on any atom is 0.0541 e. The predicted molar refractivity (Wildman–Crippen MR) is 186 cm³/mol. The molecule has 0 radical (unpaired) electrons. The van der Waals surface area contributed by atoms with Crippen molar-refractivity contribution in [1.29, 1.82) is 0 Å². The van der Waals surface area contributed by atoms with Crippen LogP contribution in [-0.2, 0) is 6.42 Å². The largest absolute Gasteiger partial charge is 0.313 e. The van der Waals surface area contributed by atoms with E-state index in [0.717, 1.165) is 19.3 Å². The summed E-state index contributed by atoms with van der Waals surface area (Å²) in [7, 11) is 0. The maximum absolute atomic E-state index is 2.51. The minimum Gasteiger partial charge on any atom is -0.313 e. The molecule has 2 nitrogen and oxygen atoms in total. The summed E-state index contributed by atoms with van der Waals surface area (Å²) in [5.74, 6) is 0.510. The van der Waals surface area contributed by atoms with Crippen LogP contribution >= 0.6 is 0 Å². The van der Waals surface area contributed by atoms with Crippen LogP contribution in [0.5, 0.6) is 0 Å². The van der Waals surface area contributed by atoms with Gasteiger partial charge in [0.15, 0.2) is 0 Å². The van der Waals surface area contributed by atoms with E-state index in [-0.39, 0.29) is 0 Å². The molecule has 0 amide bonds. The highest BCUT2D eigenvalue weighted by molar-refractivity contribution is 6.10. The molecule has 44 heavy (non-hydrogen) atoms. The van der Waals surface area contributed by atoms with Gasteiger partial charge in [-0.3, -0.25) is 0 Å². The number of fused-ring (bicyclic) bond motifs is 6. The molecule has 2 heterocycles. The Hall–Kier alpha value is -5.34. The van der Waals surface area contributed by atoms with Gasteiger partial charge in [-0.05, 0) is 72.9 Å². The zero-order valence-electron chi connectivity index (χ0n) is 24.5. The molecule has 2 aliphatic rings. The third-order valence-corrected chi connectivity index (χ3v) is 9.58. The lowest BCUT2D eigenvalue weighted by Crippen LogP contribution is -2.10. The van der Waals surface area contributed by atoms with Gasteiger partial charge in [0.1, 0.15) is 0 Å². The van der Waals surface area contributed by atoms with Crippen molar-refractivity contribution in [2.24, 2.45) is 5.92 Å². The van der Waals surface area contributed by atoms with E-state index in [1.807, 2.05) is 0 Å². The average Bonchev–Trinajstić information content (AvgIpc) is 3.61. The quantitative estimate of drug-likeness (QED) is 0.201. The fourth-order valence-electron chi connectivity index (χ4n) is 7.52. The second kappa shape index (κ2) is 10.1. The van der Waals surface area contributed by atoms with Crippen LogP contribution in [0.4, 0.5) is 0 Å². The van der Waals surface area contributed by atoms with Gasteiger partial charge in [0.25, 0.3) is 0 Å². The van der Waals surface area contributed by atoms with Crippen molar-refractivity contribution >= 4 is 38.8 Å². The monoisotopic (exact) mass is 564 g/mol. The van der Waals surface area contributed by atoms with E-state index in [4.69, 9.17) is 0 Å². The molecule has 0 saturated carbocycles. The summed E-state index contributed by atoms with van der Waals surface area (Å²) in [6.45, 7) is 0. The number of hydrogen-bond donors (Lipinski definition) is 0. The summed E-state index contributed by atoms with van der Waals surface area (Å²) in [4.78, 5) is 0. The van der Waals surface area contributed by atoms with Gasteiger partial charge >= 0.3 is 0 Å². The van der Waals surface area contributed by atoms with Crippen molar-refractivity contribution in [3.63, 3.8) is 0 Å². The molecule has 0 fully saturated rings. The molecule has 1 atom stereocenters. The van der Waals surface area contributed by atoms with Crippen LogP contribution in [0, 0.1) is 5.92 Å². The van der Waals surface area contributed by atoms with E-state index in [1.54, 1.807) is 5.57 Å². The molecule has 5 aromatic carbocycles. The minimum absolute atomic E-state index is 0.510. The molecule has 0 N–H and O–H groups in total. The number of benzene rings is 5. The van der Waals surface area contributed by atoms with Gasteiger partial charge in [0.2, 0.25) is 0 Å². The fraction of sp³-hybridized carbons (Fsp3) is 0.0952. The van der Waals surface area contributed by atoms with E-state index < -0.39 is 0 Å². The lowest BCUT2D eigenvalue weighted by atomic mass is 9.84. The Balaban J connectivity index is 1.22. The number of rotatable bonds is 4. The van der Waals surface area contributed by atoms with Crippen molar-refractivity contribution in [1.82, 2.24) is 9.13 Å². The Morgan fingerprint density at radius 3 is 2.07 bits per heavy atom. The summed E-state index contributed by atoms with van der Waals surface area (Å²) < 4.78 is 4.95. The van der Waals surface area contributed by atoms with E-state index in [1.165, 1.54) is 66.5 Å². The first-order chi connectivity index (χ1) is 21.8. The molecular weight excluding hydrogens is 532 g/mol. The predicted octanol–water partition coefficient (Wildman–Crippen LogP) is 10.9. The molecule has 9 rings (SSSR count). The Bertz CT molecular complexity index is 2310. The lowest BCUT2D eigenvalue weighted by molar-refractivity contribution is 0.702. The molecule has 0 saturated heterocycles. The van der Waals surface area contributed by atoms with Crippen LogP contribution in [0.1, 0.15) is 24.1 Å². The van der Waals surface area contributed by atoms with Gasteiger partial charge in [-0.15, -0.1) is 0 Å². The molecule has 7 aromatic rings. The molecular formula is C42H32N2. The first-order valence-electron chi connectivity index (χ1n) is 15.7. The SMILES string of the molecule is C1=CCC(C2=Cc3c(n(-c4cccc(-n5c6ccccc6c6cc(-c7ccccc7)ccc65)c4)c4ccccc34)CC2)C=C1. The molecule has 0 bridgehead atoms. The number of hydrogen-bond acceptors (Lipinski definition) is 0. The Labute approximate surface area is 257 Å². The van der Waals surface area contributed by atoms with Crippen LogP contribution in [0.15, 0.2) is 151 Å². The maximum atomic E-state index is 2.51. The van der Waals surface area contributed by atoms with Gasteiger partial charge < -0.3 is 9.13 Å². The summed E-state index contributed by atoms with van der Waals surface area (Å²) in [6.07, 6.45) is 14.8. The van der Waals surface area contributed by atoms with Crippen molar-refractivity contribution in [2.45, 2.75) is 19.3 Å². The van der Waals surface area contributed by atoms with Gasteiger partial charge in [-0.25, -0.2) is 0 Å². The van der Waals surface area contributed by atoms with Crippen LogP contribution < -0.4 is 0 Å². The fourth-order valence-corrected chi connectivity index (χ4v) is 7.52. The van der Waals surface area contributed by atoms with Gasteiger partial charge in [0.05, 0.1) is 16.6 Å². The summed E-state index contributed by atoms with van der Waals surface area (Å²) in [5.41, 5.74) is 13.0. The number of aromatic nitrogens is 2. The molecule has 2 heteroatoms. The van der Waals surface area contributed by atoms with E-state index in [2.05, 4.69) is 161 Å². The third-order valence-electron chi connectivity index (χ3n) is 9.58. The molecule has 210 valence electrons. The molecule has 2 aromatic heterocycles. The van der Waals surface area contributed by atoms with E-state index in [0.29, 0.717) is 5.92 Å². The first-order valence-corrected chi connectivity index (χ1v) is 15.7. The van der Waals surface area contributed by atoms with Crippen LogP contribution in [0.25, 0.3) is 61.3 Å².